The Morgan fingerprint density at radius 3 is 2.37 bits per heavy atom. The number of likely N-dealkylation sites (tertiary alicyclic amines) is 1. The number of fused-ring (bicyclic) bond motifs is 1. The Bertz CT molecular complexity index is 1160. The number of carboxylic acids is 1. The van der Waals surface area contributed by atoms with Crippen LogP contribution in [0.15, 0.2) is 42.5 Å². The molecule has 9 heteroatoms. The summed E-state index contributed by atoms with van der Waals surface area (Å²) < 4.78 is 0. The van der Waals surface area contributed by atoms with E-state index >= 15 is 0 Å². The van der Waals surface area contributed by atoms with Crippen LogP contribution in [0, 0.1) is 0 Å². The summed E-state index contributed by atoms with van der Waals surface area (Å²) in [6.07, 6.45) is 2.65. The molecule has 1 unspecified atom stereocenters. The molecule has 2 saturated heterocycles. The molecule has 2 fully saturated rings. The lowest BCUT2D eigenvalue weighted by Gasteiger charge is -2.32. The number of carbonyl (C=O) groups is 4. The van der Waals surface area contributed by atoms with E-state index in [1.807, 2.05) is 24.3 Å². The minimum Gasteiger partial charge on any atom is -0.478 e. The highest BCUT2D eigenvalue weighted by Gasteiger charge is 2.39. The minimum atomic E-state index is -0.913. The van der Waals surface area contributed by atoms with Gasteiger partial charge in [0.1, 0.15) is 6.04 Å². The van der Waals surface area contributed by atoms with Gasteiger partial charge in [-0.1, -0.05) is 24.3 Å². The Morgan fingerprint density at radius 2 is 1.71 bits per heavy atom. The standard InChI is InChI=1S/C26H27N3O5.ClH/c30-23-8-7-22(24(31)27-23)29-15-20-13-19(5-6-21(20)25(29)32)17-9-11-28(12-10-17)14-16-1-3-18(4-2-16)26(33)34;/h1-6,13,17,22H,7-12,14-15H2,(H,33,34)(H,27,30,31);1H. The van der Waals surface area contributed by atoms with Crippen molar-refractivity contribution in [2.24, 2.45) is 0 Å². The molecule has 0 aliphatic carbocycles. The van der Waals surface area contributed by atoms with Crippen molar-refractivity contribution in [2.75, 3.05) is 13.1 Å². The van der Waals surface area contributed by atoms with E-state index in [1.165, 1.54) is 5.56 Å². The van der Waals surface area contributed by atoms with E-state index in [0.717, 1.165) is 43.6 Å². The molecule has 3 amide bonds. The summed E-state index contributed by atoms with van der Waals surface area (Å²) in [5.41, 5.74) is 4.23. The number of halogens is 1. The van der Waals surface area contributed by atoms with Crippen LogP contribution >= 0.6 is 12.4 Å². The molecule has 0 aromatic heterocycles. The molecule has 8 nitrogen and oxygen atoms in total. The number of amides is 3. The number of imide groups is 1. The number of carboxylic acid groups (broad SMARTS) is 1. The first-order chi connectivity index (χ1) is 16.4. The lowest BCUT2D eigenvalue weighted by Crippen LogP contribution is -2.52. The van der Waals surface area contributed by atoms with E-state index in [0.29, 0.717) is 30.0 Å². The quantitative estimate of drug-likeness (QED) is 0.615. The first kappa shape index (κ1) is 24.9. The van der Waals surface area contributed by atoms with Gasteiger partial charge in [0.05, 0.1) is 5.56 Å². The highest BCUT2D eigenvalue weighted by atomic mass is 35.5. The number of rotatable bonds is 5. The van der Waals surface area contributed by atoms with Crippen molar-refractivity contribution in [3.8, 4) is 0 Å². The summed E-state index contributed by atoms with van der Waals surface area (Å²) in [5.74, 6) is -1.31. The van der Waals surface area contributed by atoms with Gasteiger partial charge in [0.15, 0.2) is 0 Å². The van der Waals surface area contributed by atoms with Crippen LogP contribution in [0.25, 0.3) is 0 Å². The molecule has 0 saturated carbocycles. The maximum absolute atomic E-state index is 12.9. The van der Waals surface area contributed by atoms with Crippen LogP contribution < -0.4 is 5.32 Å². The summed E-state index contributed by atoms with van der Waals surface area (Å²) in [6.45, 7) is 3.10. The van der Waals surface area contributed by atoms with Crippen molar-refractivity contribution >= 4 is 36.1 Å². The molecule has 1 atom stereocenters. The van der Waals surface area contributed by atoms with Crippen LogP contribution in [-0.2, 0) is 22.7 Å². The Morgan fingerprint density at radius 1 is 1.00 bits per heavy atom. The maximum atomic E-state index is 12.9. The van der Waals surface area contributed by atoms with Gasteiger partial charge in [-0.05, 0) is 73.2 Å². The number of hydrogen-bond acceptors (Lipinski definition) is 5. The zero-order chi connectivity index (χ0) is 23.8. The maximum Gasteiger partial charge on any atom is 0.335 e. The molecule has 3 heterocycles. The van der Waals surface area contributed by atoms with E-state index in [1.54, 1.807) is 17.0 Å². The lowest BCUT2D eigenvalue weighted by molar-refractivity contribution is -0.136. The third-order valence-corrected chi connectivity index (χ3v) is 7.21. The third kappa shape index (κ3) is 5.09. The van der Waals surface area contributed by atoms with Gasteiger partial charge in [-0.25, -0.2) is 4.79 Å². The summed E-state index contributed by atoms with van der Waals surface area (Å²) in [7, 11) is 0. The fourth-order valence-electron chi connectivity index (χ4n) is 5.28. The summed E-state index contributed by atoms with van der Waals surface area (Å²) >= 11 is 0. The number of nitrogens with one attached hydrogen (secondary N) is 1. The zero-order valence-corrected chi connectivity index (χ0v) is 20.1. The molecule has 35 heavy (non-hydrogen) atoms. The van der Waals surface area contributed by atoms with E-state index in [2.05, 4.69) is 16.3 Å². The molecule has 2 aromatic carbocycles. The molecule has 0 radical (unpaired) electrons. The Balaban J connectivity index is 0.00000289. The van der Waals surface area contributed by atoms with Crippen molar-refractivity contribution in [3.63, 3.8) is 0 Å². The van der Waals surface area contributed by atoms with Crippen LogP contribution in [0.5, 0.6) is 0 Å². The smallest absolute Gasteiger partial charge is 0.335 e. The van der Waals surface area contributed by atoms with Crippen molar-refractivity contribution in [2.45, 2.75) is 50.7 Å². The highest BCUT2D eigenvalue weighted by molar-refractivity contribution is 6.05. The zero-order valence-electron chi connectivity index (χ0n) is 19.2. The van der Waals surface area contributed by atoms with Gasteiger partial charge in [0, 0.05) is 25.1 Å². The van der Waals surface area contributed by atoms with Gasteiger partial charge in [-0.2, -0.15) is 0 Å². The number of aromatic carboxylic acids is 1. The fourth-order valence-corrected chi connectivity index (χ4v) is 5.28. The van der Waals surface area contributed by atoms with Gasteiger partial charge in [0.25, 0.3) is 5.91 Å². The topological polar surface area (TPSA) is 107 Å². The molecular weight excluding hydrogens is 470 g/mol. The number of piperidine rings is 2. The van der Waals surface area contributed by atoms with Gasteiger partial charge in [0.2, 0.25) is 11.8 Å². The second-order valence-corrected chi connectivity index (χ2v) is 9.37. The van der Waals surface area contributed by atoms with Crippen LogP contribution in [0.1, 0.15) is 69.0 Å². The Hall–Kier alpha value is -3.23. The van der Waals surface area contributed by atoms with Crippen LogP contribution in [-0.4, -0.2) is 57.7 Å². The SMILES string of the molecule is Cl.O=C1CCC(N2Cc3cc(C4CCN(Cc5ccc(C(=O)O)cc5)CC4)ccc3C2=O)C(=O)N1. The molecular formula is C26H28ClN3O5. The first-order valence-corrected chi connectivity index (χ1v) is 11.7. The molecule has 0 bridgehead atoms. The van der Waals surface area contributed by atoms with Crippen LogP contribution in [0.2, 0.25) is 0 Å². The van der Waals surface area contributed by atoms with E-state index < -0.39 is 12.0 Å². The summed E-state index contributed by atoms with van der Waals surface area (Å²) in [6, 6.07) is 12.5. The molecule has 3 aliphatic heterocycles. The average Bonchev–Trinajstić information content (AvgIpc) is 3.15. The van der Waals surface area contributed by atoms with Crippen molar-refractivity contribution in [1.82, 2.24) is 15.1 Å². The van der Waals surface area contributed by atoms with Gasteiger partial charge in [-0.15, -0.1) is 12.4 Å². The predicted molar refractivity (Wildman–Crippen MR) is 130 cm³/mol. The number of nitrogens with zero attached hydrogens (tertiary/aromatic N) is 2. The summed E-state index contributed by atoms with van der Waals surface area (Å²) in [4.78, 5) is 51.6. The van der Waals surface area contributed by atoms with Gasteiger partial charge in [-0.3, -0.25) is 24.6 Å². The van der Waals surface area contributed by atoms with Crippen molar-refractivity contribution in [3.05, 3.63) is 70.3 Å². The normalized spacial score (nSPS) is 20.9. The highest BCUT2D eigenvalue weighted by Crippen LogP contribution is 2.34. The van der Waals surface area contributed by atoms with Gasteiger partial charge >= 0.3 is 5.97 Å². The molecule has 5 rings (SSSR count). The number of benzene rings is 2. The summed E-state index contributed by atoms with van der Waals surface area (Å²) in [5, 5.41) is 11.4. The van der Waals surface area contributed by atoms with Crippen LogP contribution in [0.4, 0.5) is 0 Å². The monoisotopic (exact) mass is 497 g/mol. The molecule has 184 valence electrons. The third-order valence-electron chi connectivity index (χ3n) is 7.21. The number of carbonyl (C=O) groups excluding carboxylic acids is 3. The molecule has 3 aliphatic rings. The van der Waals surface area contributed by atoms with E-state index in [4.69, 9.17) is 5.11 Å². The predicted octanol–water partition coefficient (Wildman–Crippen LogP) is 2.95. The van der Waals surface area contributed by atoms with Gasteiger partial charge < -0.3 is 10.0 Å². The lowest BCUT2D eigenvalue weighted by atomic mass is 9.87. The largest absolute Gasteiger partial charge is 0.478 e. The fraction of sp³-hybridized carbons (Fsp3) is 0.385. The van der Waals surface area contributed by atoms with Crippen molar-refractivity contribution < 1.29 is 24.3 Å². The first-order valence-electron chi connectivity index (χ1n) is 11.7. The second kappa shape index (κ2) is 10.2. The molecule has 2 N–H and O–H groups in total. The molecule has 0 spiro atoms. The Labute approximate surface area is 209 Å². The van der Waals surface area contributed by atoms with Crippen LogP contribution in [0.3, 0.4) is 0 Å². The second-order valence-electron chi connectivity index (χ2n) is 9.37. The van der Waals surface area contributed by atoms with E-state index in [-0.39, 0.29) is 36.5 Å². The average molecular weight is 498 g/mol. The van der Waals surface area contributed by atoms with Crippen molar-refractivity contribution in [1.29, 1.82) is 0 Å². The number of hydrogen-bond donors (Lipinski definition) is 2. The Kier molecular flexibility index (Phi) is 7.23. The van der Waals surface area contributed by atoms with E-state index in [9.17, 15) is 19.2 Å². The molecule has 2 aromatic rings. The minimum absolute atomic E-state index is 0.